The molecular weight excluding hydrogens is 232 g/mol. The normalized spacial score (nSPS) is 18.4. The van der Waals surface area contributed by atoms with Gasteiger partial charge in [-0.05, 0) is 43.4 Å². The van der Waals surface area contributed by atoms with Crippen molar-refractivity contribution < 1.29 is 0 Å². The molecule has 1 heterocycles. The second-order valence-corrected chi connectivity index (χ2v) is 5.90. The van der Waals surface area contributed by atoms with E-state index >= 15 is 0 Å². The van der Waals surface area contributed by atoms with E-state index in [-0.39, 0.29) is 0 Å². The van der Waals surface area contributed by atoms with Gasteiger partial charge in [-0.3, -0.25) is 4.98 Å². The SMILES string of the molecule is CCNC(CCC1CCCCC1)Cc1cccnc1. The Morgan fingerprint density at radius 3 is 2.84 bits per heavy atom. The van der Waals surface area contributed by atoms with Crippen molar-refractivity contribution in [2.24, 2.45) is 5.92 Å². The predicted octanol–water partition coefficient (Wildman–Crippen LogP) is 3.96. The van der Waals surface area contributed by atoms with Crippen LogP contribution in [0.1, 0.15) is 57.4 Å². The van der Waals surface area contributed by atoms with Crippen molar-refractivity contribution in [1.82, 2.24) is 10.3 Å². The van der Waals surface area contributed by atoms with Crippen LogP contribution in [0.3, 0.4) is 0 Å². The Hall–Kier alpha value is -0.890. The zero-order chi connectivity index (χ0) is 13.3. The van der Waals surface area contributed by atoms with Crippen LogP contribution in [0.15, 0.2) is 24.5 Å². The third kappa shape index (κ3) is 5.32. The average Bonchev–Trinajstić information content (AvgIpc) is 2.47. The molecule has 2 heteroatoms. The summed E-state index contributed by atoms with van der Waals surface area (Å²) in [6.45, 7) is 3.27. The highest BCUT2D eigenvalue weighted by atomic mass is 14.9. The summed E-state index contributed by atoms with van der Waals surface area (Å²) in [6.07, 6.45) is 15.0. The van der Waals surface area contributed by atoms with Crippen LogP contribution in [0, 0.1) is 5.92 Å². The minimum atomic E-state index is 0.621. The molecule has 0 bridgehead atoms. The lowest BCUT2D eigenvalue weighted by atomic mass is 9.84. The summed E-state index contributed by atoms with van der Waals surface area (Å²) >= 11 is 0. The lowest BCUT2D eigenvalue weighted by Crippen LogP contribution is -2.31. The van der Waals surface area contributed by atoms with Crippen LogP contribution in [0.2, 0.25) is 0 Å². The highest BCUT2D eigenvalue weighted by molar-refractivity contribution is 5.10. The maximum absolute atomic E-state index is 4.22. The Labute approximate surface area is 118 Å². The quantitative estimate of drug-likeness (QED) is 0.802. The number of nitrogens with zero attached hydrogens (tertiary/aromatic N) is 1. The smallest absolute Gasteiger partial charge is 0.0300 e. The lowest BCUT2D eigenvalue weighted by Gasteiger charge is -2.24. The van der Waals surface area contributed by atoms with Gasteiger partial charge in [0.05, 0.1) is 0 Å². The van der Waals surface area contributed by atoms with E-state index in [0.717, 1.165) is 18.9 Å². The summed E-state index contributed by atoms with van der Waals surface area (Å²) in [5.74, 6) is 0.990. The summed E-state index contributed by atoms with van der Waals surface area (Å²) in [4.78, 5) is 4.22. The third-order valence-corrected chi connectivity index (χ3v) is 4.35. The first-order chi connectivity index (χ1) is 9.38. The molecule has 0 amide bonds. The number of rotatable bonds is 7. The number of likely N-dealkylation sites (N-methyl/N-ethyl adjacent to an activating group) is 1. The standard InChI is InChI=1S/C17H28N2/c1-2-19-17(13-16-9-6-12-18-14-16)11-10-15-7-4-3-5-8-15/h6,9,12,14-15,17,19H,2-5,7-8,10-11,13H2,1H3. The van der Waals surface area contributed by atoms with Gasteiger partial charge in [-0.15, -0.1) is 0 Å². The molecule has 1 unspecified atom stereocenters. The largest absolute Gasteiger partial charge is 0.314 e. The molecule has 0 spiro atoms. The fourth-order valence-corrected chi connectivity index (χ4v) is 3.28. The molecule has 0 saturated heterocycles. The van der Waals surface area contributed by atoms with Gasteiger partial charge in [0.25, 0.3) is 0 Å². The summed E-state index contributed by atoms with van der Waals surface area (Å²) in [6, 6.07) is 4.85. The van der Waals surface area contributed by atoms with Crippen LogP contribution in [-0.4, -0.2) is 17.6 Å². The van der Waals surface area contributed by atoms with Gasteiger partial charge in [-0.1, -0.05) is 45.1 Å². The molecule has 1 atom stereocenters. The Morgan fingerprint density at radius 1 is 1.32 bits per heavy atom. The van der Waals surface area contributed by atoms with Gasteiger partial charge in [0.15, 0.2) is 0 Å². The van der Waals surface area contributed by atoms with Gasteiger partial charge in [-0.2, -0.15) is 0 Å². The molecule has 2 rings (SSSR count). The average molecular weight is 260 g/mol. The van der Waals surface area contributed by atoms with E-state index in [1.165, 1.54) is 50.5 Å². The molecule has 0 aliphatic heterocycles. The van der Waals surface area contributed by atoms with Crippen molar-refractivity contribution in [2.75, 3.05) is 6.54 Å². The van der Waals surface area contributed by atoms with E-state index in [2.05, 4.69) is 23.3 Å². The van der Waals surface area contributed by atoms with Gasteiger partial charge in [-0.25, -0.2) is 0 Å². The number of nitrogens with one attached hydrogen (secondary N) is 1. The van der Waals surface area contributed by atoms with Crippen LogP contribution in [0.4, 0.5) is 0 Å². The van der Waals surface area contributed by atoms with Crippen molar-refractivity contribution in [3.63, 3.8) is 0 Å². The minimum Gasteiger partial charge on any atom is -0.314 e. The van der Waals surface area contributed by atoms with E-state index in [1.807, 2.05) is 18.5 Å². The Bertz CT molecular complexity index is 330. The number of pyridine rings is 1. The first-order valence-electron chi connectivity index (χ1n) is 8.00. The fraction of sp³-hybridized carbons (Fsp3) is 0.706. The monoisotopic (exact) mass is 260 g/mol. The number of aromatic nitrogens is 1. The van der Waals surface area contributed by atoms with Gasteiger partial charge in [0.2, 0.25) is 0 Å². The van der Waals surface area contributed by atoms with Crippen LogP contribution in [-0.2, 0) is 6.42 Å². The Kier molecular flexibility index (Phi) is 6.35. The van der Waals surface area contributed by atoms with E-state index in [0.29, 0.717) is 6.04 Å². The van der Waals surface area contributed by atoms with Crippen molar-refractivity contribution in [2.45, 2.75) is 64.3 Å². The molecule has 1 aliphatic carbocycles. The fourth-order valence-electron chi connectivity index (χ4n) is 3.28. The highest BCUT2D eigenvalue weighted by Crippen LogP contribution is 2.28. The lowest BCUT2D eigenvalue weighted by molar-refractivity contribution is 0.313. The summed E-state index contributed by atoms with van der Waals surface area (Å²) in [5, 5.41) is 3.64. The van der Waals surface area contributed by atoms with Crippen LogP contribution in [0.5, 0.6) is 0 Å². The molecule has 1 aliphatic rings. The predicted molar refractivity (Wildman–Crippen MR) is 81.2 cm³/mol. The molecule has 0 aromatic carbocycles. The van der Waals surface area contributed by atoms with E-state index in [9.17, 15) is 0 Å². The number of hydrogen-bond donors (Lipinski definition) is 1. The van der Waals surface area contributed by atoms with E-state index in [1.54, 1.807) is 0 Å². The molecular formula is C17H28N2. The van der Waals surface area contributed by atoms with Gasteiger partial charge < -0.3 is 5.32 Å². The summed E-state index contributed by atoms with van der Waals surface area (Å²) in [7, 11) is 0. The molecule has 1 saturated carbocycles. The van der Waals surface area contributed by atoms with E-state index < -0.39 is 0 Å². The van der Waals surface area contributed by atoms with E-state index in [4.69, 9.17) is 0 Å². The first kappa shape index (κ1) is 14.5. The molecule has 106 valence electrons. The maximum atomic E-state index is 4.22. The topological polar surface area (TPSA) is 24.9 Å². The van der Waals surface area contributed by atoms with Crippen LogP contribution >= 0.6 is 0 Å². The number of hydrogen-bond acceptors (Lipinski definition) is 2. The highest BCUT2D eigenvalue weighted by Gasteiger charge is 2.16. The zero-order valence-electron chi connectivity index (χ0n) is 12.3. The van der Waals surface area contributed by atoms with Crippen LogP contribution < -0.4 is 5.32 Å². The van der Waals surface area contributed by atoms with Crippen molar-refractivity contribution in [1.29, 1.82) is 0 Å². The van der Waals surface area contributed by atoms with Gasteiger partial charge in [0.1, 0.15) is 0 Å². The molecule has 1 aromatic rings. The molecule has 0 radical (unpaired) electrons. The summed E-state index contributed by atoms with van der Waals surface area (Å²) < 4.78 is 0. The molecule has 1 N–H and O–H groups in total. The second-order valence-electron chi connectivity index (χ2n) is 5.90. The molecule has 1 fully saturated rings. The van der Waals surface area contributed by atoms with Gasteiger partial charge in [0, 0.05) is 18.4 Å². The first-order valence-corrected chi connectivity index (χ1v) is 8.00. The third-order valence-electron chi connectivity index (χ3n) is 4.35. The summed E-state index contributed by atoms with van der Waals surface area (Å²) in [5.41, 5.74) is 1.36. The second kappa shape index (κ2) is 8.31. The van der Waals surface area contributed by atoms with Crippen molar-refractivity contribution in [3.8, 4) is 0 Å². The maximum Gasteiger partial charge on any atom is 0.0300 e. The zero-order valence-corrected chi connectivity index (χ0v) is 12.3. The van der Waals surface area contributed by atoms with Crippen molar-refractivity contribution >= 4 is 0 Å². The molecule has 2 nitrogen and oxygen atoms in total. The minimum absolute atomic E-state index is 0.621. The van der Waals surface area contributed by atoms with Crippen LogP contribution in [0.25, 0.3) is 0 Å². The van der Waals surface area contributed by atoms with Crippen molar-refractivity contribution in [3.05, 3.63) is 30.1 Å². The Morgan fingerprint density at radius 2 is 2.16 bits per heavy atom. The Balaban J connectivity index is 1.78. The molecule has 19 heavy (non-hydrogen) atoms. The molecule has 1 aromatic heterocycles. The van der Waals surface area contributed by atoms with Gasteiger partial charge >= 0.3 is 0 Å².